The molecule has 1 aromatic carbocycles. The van der Waals surface area contributed by atoms with Crippen molar-refractivity contribution in [1.82, 2.24) is 14.7 Å². The number of benzene rings is 1. The van der Waals surface area contributed by atoms with E-state index in [0.29, 0.717) is 23.0 Å². The number of rotatable bonds is 5. The highest BCUT2D eigenvalue weighted by Crippen LogP contribution is 2.18. The number of hydrogen-bond acceptors (Lipinski definition) is 3. The van der Waals surface area contributed by atoms with E-state index in [9.17, 15) is 9.59 Å². The summed E-state index contributed by atoms with van der Waals surface area (Å²) in [5.74, 6) is -0.0462. The van der Waals surface area contributed by atoms with Crippen LogP contribution >= 0.6 is 0 Å². The Morgan fingerprint density at radius 1 is 1.08 bits per heavy atom. The molecule has 3 rings (SSSR count). The van der Waals surface area contributed by atoms with E-state index in [-0.39, 0.29) is 11.5 Å². The number of nitrogens with zero attached hydrogens (tertiary/aromatic N) is 3. The molecule has 2 heterocycles. The maximum atomic E-state index is 13.0. The summed E-state index contributed by atoms with van der Waals surface area (Å²) in [6.45, 7) is 4.26. The predicted molar refractivity (Wildman–Crippen MR) is 95.3 cm³/mol. The molecule has 1 saturated heterocycles. The van der Waals surface area contributed by atoms with Gasteiger partial charge in [-0.05, 0) is 31.7 Å². The van der Waals surface area contributed by atoms with Gasteiger partial charge in [0.15, 0.2) is 5.69 Å². The third-order valence-corrected chi connectivity index (χ3v) is 4.69. The maximum absolute atomic E-state index is 13.0. The highest BCUT2D eigenvalue weighted by Gasteiger charge is 2.23. The van der Waals surface area contributed by atoms with Crippen LogP contribution < -0.4 is 5.56 Å². The van der Waals surface area contributed by atoms with Crippen LogP contribution in [0.2, 0.25) is 0 Å². The molecule has 5 heteroatoms. The van der Waals surface area contributed by atoms with Crippen LogP contribution in [0.4, 0.5) is 0 Å². The first-order valence-electron chi connectivity index (χ1n) is 9.01. The fraction of sp³-hybridized carbons (Fsp3) is 0.526. The smallest absolute Gasteiger partial charge is 0.274 e. The summed E-state index contributed by atoms with van der Waals surface area (Å²) in [4.78, 5) is 27.5. The minimum atomic E-state index is -0.100. The molecule has 1 aromatic heterocycles. The van der Waals surface area contributed by atoms with Gasteiger partial charge in [-0.2, -0.15) is 5.10 Å². The zero-order chi connectivity index (χ0) is 16.9. The maximum Gasteiger partial charge on any atom is 0.274 e. The molecule has 128 valence electrons. The molecule has 0 bridgehead atoms. The average Bonchev–Trinajstić information content (AvgIpc) is 2.64. The molecule has 0 spiro atoms. The monoisotopic (exact) mass is 327 g/mol. The normalized spacial score (nSPS) is 15.0. The Morgan fingerprint density at radius 2 is 1.79 bits per heavy atom. The zero-order valence-corrected chi connectivity index (χ0v) is 14.3. The molecule has 0 radical (unpaired) electrons. The molecule has 24 heavy (non-hydrogen) atoms. The van der Waals surface area contributed by atoms with Gasteiger partial charge in [-0.1, -0.05) is 38.0 Å². The average molecular weight is 327 g/mol. The van der Waals surface area contributed by atoms with E-state index in [4.69, 9.17) is 0 Å². The van der Waals surface area contributed by atoms with Gasteiger partial charge in [0.2, 0.25) is 0 Å². The summed E-state index contributed by atoms with van der Waals surface area (Å²) >= 11 is 0. The fourth-order valence-corrected chi connectivity index (χ4v) is 3.30. The molecule has 0 atom stereocenters. The van der Waals surface area contributed by atoms with Crippen molar-refractivity contribution in [2.75, 3.05) is 13.1 Å². The van der Waals surface area contributed by atoms with E-state index >= 15 is 0 Å². The van der Waals surface area contributed by atoms with Crippen LogP contribution in [-0.2, 0) is 6.54 Å². The second-order valence-electron chi connectivity index (χ2n) is 6.48. The predicted octanol–water partition coefficient (Wildman–Crippen LogP) is 3.21. The lowest BCUT2D eigenvalue weighted by Crippen LogP contribution is -2.37. The van der Waals surface area contributed by atoms with E-state index in [1.54, 1.807) is 6.07 Å². The molecule has 0 saturated carbocycles. The summed E-state index contributed by atoms with van der Waals surface area (Å²) < 4.78 is 1.48. The van der Waals surface area contributed by atoms with Gasteiger partial charge < -0.3 is 4.90 Å². The highest BCUT2D eigenvalue weighted by molar-refractivity contribution is 6.04. The van der Waals surface area contributed by atoms with Crippen LogP contribution in [0.25, 0.3) is 10.8 Å². The third-order valence-electron chi connectivity index (χ3n) is 4.69. The van der Waals surface area contributed by atoms with E-state index in [1.165, 1.54) is 11.1 Å². The number of amides is 1. The van der Waals surface area contributed by atoms with Crippen molar-refractivity contribution in [2.24, 2.45) is 0 Å². The first kappa shape index (κ1) is 16.7. The first-order chi connectivity index (χ1) is 11.7. The molecule has 2 aromatic rings. The molecule has 0 aliphatic carbocycles. The Morgan fingerprint density at radius 3 is 2.50 bits per heavy atom. The SMILES string of the molecule is CCCCCn1nc(C(=O)N2CCCCC2)c2ccccc2c1=O. The Labute approximate surface area is 142 Å². The molecule has 0 unspecified atom stereocenters. The van der Waals surface area contributed by atoms with Gasteiger partial charge >= 0.3 is 0 Å². The van der Waals surface area contributed by atoms with E-state index in [2.05, 4.69) is 12.0 Å². The Hall–Kier alpha value is -2.17. The quantitative estimate of drug-likeness (QED) is 0.792. The highest BCUT2D eigenvalue weighted by atomic mass is 16.2. The fourth-order valence-electron chi connectivity index (χ4n) is 3.30. The van der Waals surface area contributed by atoms with Crippen molar-refractivity contribution in [3.63, 3.8) is 0 Å². The molecule has 5 nitrogen and oxygen atoms in total. The number of aromatic nitrogens is 2. The minimum absolute atomic E-state index is 0.0462. The number of carbonyl (C=O) groups is 1. The van der Waals surface area contributed by atoms with Crippen molar-refractivity contribution in [3.05, 3.63) is 40.3 Å². The summed E-state index contributed by atoms with van der Waals surface area (Å²) in [6, 6.07) is 7.33. The second-order valence-corrected chi connectivity index (χ2v) is 6.48. The van der Waals surface area contributed by atoms with Crippen LogP contribution in [-0.4, -0.2) is 33.7 Å². The van der Waals surface area contributed by atoms with Crippen molar-refractivity contribution in [3.8, 4) is 0 Å². The largest absolute Gasteiger partial charge is 0.337 e. The lowest BCUT2D eigenvalue weighted by Gasteiger charge is -2.26. The van der Waals surface area contributed by atoms with Crippen LogP contribution in [0.3, 0.4) is 0 Å². The van der Waals surface area contributed by atoms with E-state index < -0.39 is 0 Å². The van der Waals surface area contributed by atoms with Crippen molar-refractivity contribution in [1.29, 1.82) is 0 Å². The van der Waals surface area contributed by atoms with E-state index in [1.807, 2.05) is 23.1 Å². The number of hydrogen-bond donors (Lipinski definition) is 0. The standard InChI is InChI=1S/C19H25N3O2/c1-2-3-7-14-22-18(23)16-11-6-5-10-15(16)17(20-22)19(24)21-12-8-4-9-13-21/h5-6,10-11H,2-4,7-9,12-14H2,1H3. The number of unbranched alkanes of at least 4 members (excludes halogenated alkanes) is 2. The molecular weight excluding hydrogens is 302 g/mol. The molecule has 0 N–H and O–H groups in total. The van der Waals surface area contributed by atoms with Crippen molar-refractivity contribution < 1.29 is 4.79 Å². The number of piperidine rings is 1. The number of likely N-dealkylation sites (tertiary alicyclic amines) is 1. The van der Waals surface area contributed by atoms with Crippen LogP contribution in [0.5, 0.6) is 0 Å². The summed E-state index contributed by atoms with van der Waals surface area (Å²) in [6.07, 6.45) is 6.30. The Kier molecular flexibility index (Phi) is 5.28. The third kappa shape index (κ3) is 3.35. The van der Waals surface area contributed by atoms with Gasteiger partial charge in [-0.15, -0.1) is 0 Å². The van der Waals surface area contributed by atoms with Gasteiger partial charge in [0.05, 0.1) is 5.39 Å². The topological polar surface area (TPSA) is 55.2 Å². The summed E-state index contributed by atoms with van der Waals surface area (Å²) in [5, 5.41) is 5.72. The van der Waals surface area contributed by atoms with Crippen LogP contribution in [0, 0.1) is 0 Å². The molecule has 1 aliphatic heterocycles. The molecule has 1 amide bonds. The van der Waals surface area contributed by atoms with Crippen LogP contribution in [0.15, 0.2) is 29.1 Å². The van der Waals surface area contributed by atoms with Crippen LogP contribution in [0.1, 0.15) is 55.9 Å². The van der Waals surface area contributed by atoms with Crippen molar-refractivity contribution in [2.45, 2.75) is 52.0 Å². The van der Waals surface area contributed by atoms with Gasteiger partial charge in [0.1, 0.15) is 0 Å². The first-order valence-corrected chi connectivity index (χ1v) is 9.01. The van der Waals surface area contributed by atoms with Gasteiger partial charge in [-0.25, -0.2) is 4.68 Å². The second kappa shape index (κ2) is 7.60. The zero-order valence-electron chi connectivity index (χ0n) is 14.3. The molecule has 1 fully saturated rings. The Balaban J connectivity index is 2.03. The van der Waals surface area contributed by atoms with Crippen molar-refractivity contribution >= 4 is 16.7 Å². The summed E-state index contributed by atoms with van der Waals surface area (Å²) in [7, 11) is 0. The molecule has 1 aliphatic rings. The van der Waals surface area contributed by atoms with Gasteiger partial charge in [-0.3, -0.25) is 9.59 Å². The lowest BCUT2D eigenvalue weighted by atomic mass is 10.1. The summed E-state index contributed by atoms with van der Waals surface area (Å²) in [5.41, 5.74) is 0.320. The molecular formula is C19H25N3O2. The van der Waals surface area contributed by atoms with E-state index in [0.717, 1.165) is 45.2 Å². The lowest BCUT2D eigenvalue weighted by molar-refractivity contribution is 0.0718. The minimum Gasteiger partial charge on any atom is -0.337 e. The Bertz CT molecular complexity index is 776. The number of fused-ring (bicyclic) bond motifs is 1. The number of aryl methyl sites for hydroxylation is 1. The van der Waals surface area contributed by atoms with Gasteiger partial charge in [0, 0.05) is 25.0 Å². The van der Waals surface area contributed by atoms with Gasteiger partial charge in [0.25, 0.3) is 11.5 Å². The number of carbonyl (C=O) groups excluding carboxylic acids is 1.